The molecule has 3 rings (SSSR count). The average Bonchev–Trinajstić information content (AvgIpc) is 3.24. The summed E-state index contributed by atoms with van der Waals surface area (Å²) in [6.07, 6.45) is 6.53. The quantitative estimate of drug-likeness (QED) is 0.442. The maximum atomic E-state index is 13.5. The molecule has 0 saturated carbocycles. The summed E-state index contributed by atoms with van der Waals surface area (Å²) in [5.74, 6) is 2.06. The molecule has 6 nitrogen and oxygen atoms in total. The highest BCUT2D eigenvalue weighted by molar-refractivity contribution is 5.83. The normalized spacial score (nSPS) is 12.1. The summed E-state index contributed by atoms with van der Waals surface area (Å²) in [6, 6.07) is 4.81. The van der Waals surface area contributed by atoms with Crippen molar-refractivity contribution in [3.8, 4) is 0 Å². The van der Waals surface area contributed by atoms with Crippen LogP contribution in [0.4, 0.5) is 4.39 Å². The van der Waals surface area contributed by atoms with Crippen LogP contribution >= 0.6 is 0 Å². The molecule has 3 N–H and O–H groups in total. The molecule has 27 heavy (non-hydrogen) atoms. The minimum atomic E-state index is -0.217. The first-order valence-electron chi connectivity index (χ1n) is 9.27. The van der Waals surface area contributed by atoms with Crippen molar-refractivity contribution in [2.45, 2.75) is 33.4 Å². The van der Waals surface area contributed by atoms with Crippen LogP contribution in [0.1, 0.15) is 25.2 Å². The summed E-state index contributed by atoms with van der Waals surface area (Å²) < 4.78 is 15.6. The molecule has 0 saturated heterocycles. The lowest BCUT2D eigenvalue weighted by molar-refractivity contribution is 0.503. The number of halogens is 1. The van der Waals surface area contributed by atoms with Gasteiger partial charge in [0.05, 0.1) is 6.54 Å². The monoisotopic (exact) mass is 370 g/mol. The molecule has 0 aliphatic carbocycles. The smallest absolute Gasteiger partial charge is 0.191 e. The molecule has 0 unspecified atom stereocenters. The Balaban J connectivity index is 1.52. The third kappa shape index (κ3) is 4.87. The number of imidazole rings is 1. The second-order valence-electron chi connectivity index (χ2n) is 7.00. The number of benzene rings is 1. The first-order chi connectivity index (χ1) is 13.1. The van der Waals surface area contributed by atoms with E-state index in [2.05, 4.69) is 44.0 Å². The summed E-state index contributed by atoms with van der Waals surface area (Å²) in [5, 5.41) is 7.53. The van der Waals surface area contributed by atoms with Gasteiger partial charge < -0.3 is 20.2 Å². The van der Waals surface area contributed by atoms with Gasteiger partial charge in [-0.25, -0.2) is 9.37 Å². The lowest BCUT2D eigenvalue weighted by Crippen LogP contribution is -2.38. The van der Waals surface area contributed by atoms with Gasteiger partial charge in [0.15, 0.2) is 5.96 Å². The van der Waals surface area contributed by atoms with E-state index >= 15 is 0 Å². The van der Waals surface area contributed by atoms with E-state index in [-0.39, 0.29) is 5.82 Å². The lowest BCUT2D eigenvalue weighted by Gasteiger charge is -2.14. The molecule has 0 atom stereocenters. The fourth-order valence-corrected chi connectivity index (χ4v) is 3.12. The molecule has 2 aromatic heterocycles. The standard InChI is InChI=1S/C20H27FN6/c1-14(2)13-27-9-8-23-19(27)12-26-20(22-3)24-7-6-15-11-25-18-5-4-16(21)10-17(15)18/h4-5,8-11,14,25H,6-7,12-13H2,1-3H3,(H2,22,24,26). The van der Waals surface area contributed by atoms with E-state index < -0.39 is 0 Å². The topological polar surface area (TPSA) is 70.0 Å². The molecule has 2 heterocycles. The molecule has 0 fully saturated rings. The predicted molar refractivity (Wildman–Crippen MR) is 107 cm³/mol. The second kappa shape index (κ2) is 8.70. The summed E-state index contributed by atoms with van der Waals surface area (Å²) in [7, 11) is 1.75. The number of hydrogen-bond donors (Lipinski definition) is 3. The van der Waals surface area contributed by atoms with Crippen LogP contribution in [0.15, 0.2) is 41.8 Å². The largest absolute Gasteiger partial charge is 0.361 e. The fraction of sp³-hybridized carbons (Fsp3) is 0.400. The average molecular weight is 370 g/mol. The third-order valence-corrected chi connectivity index (χ3v) is 4.42. The minimum absolute atomic E-state index is 0.217. The van der Waals surface area contributed by atoms with E-state index in [9.17, 15) is 4.39 Å². The number of nitrogens with zero attached hydrogens (tertiary/aromatic N) is 3. The molecule has 0 spiro atoms. The van der Waals surface area contributed by atoms with E-state index in [1.807, 2.05) is 18.6 Å². The van der Waals surface area contributed by atoms with E-state index in [0.717, 1.165) is 41.2 Å². The van der Waals surface area contributed by atoms with Crippen molar-refractivity contribution in [3.05, 3.63) is 54.0 Å². The van der Waals surface area contributed by atoms with Crippen LogP contribution in [0.2, 0.25) is 0 Å². The van der Waals surface area contributed by atoms with Crippen molar-refractivity contribution in [2.75, 3.05) is 13.6 Å². The van der Waals surface area contributed by atoms with Crippen molar-refractivity contribution in [1.82, 2.24) is 25.2 Å². The van der Waals surface area contributed by atoms with Crippen molar-refractivity contribution < 1.29 is 4.39 Å². The molecular formula is C20H27FN6. The number of guanidine groups is 1. The zero-order valence-electron chi connectivity index (χ0n) is 16.1. The van der Waals surface area contributed by atoms with Crippen LogP contribution in [0, 0.1) is 11.7 Å². The zero-order chi connectivity index (χ0) is 19.2. The van der Waals surface area contributed by atoms with Gasteiger partial charge in [-0.2, -0.15) is 0 Å². The van der Waals surface area contributed by atoms with Crippen molar-refractivity contribution in [2.24, 2.45) is 10.9 Å². The Hall–Kier alpha value is -2.83. The first kappa shape index (κ1) is 18.9. The SMILES string of the molecule is CN=C(NCCc1c[nH]c2ccc(F)cc12)NCc1nccn1CC(C)C. The second-order valence-corrected chi connectivity index (χ2v) is 7.00. The molecule has 0 aliphatic rings. The van der Waals surface area contributed by atoms with E-state index in [1.165, 1.54) is 6.07 Å². The van der Waals surface area contributed by atoms with Gasteiger partial charge in [0.25, 0.3) is 0 Å². The Morgan fingerprint density at radius 1 is 1.33 bits per heavy atom. The summed E-state index contributed by atoms with van der Waals surface area (Å²) in [4.78, 5) is 11.9. The molecule has 0 aliphatic heterocycles. The maximum Gasteiger partial charge on any atom is 0.191 e. The number of H-pyrrole nitrogens is 1. The van der Waals surface area contributed by atoms with Crippen molar-refractivity contribution >= 4 is 16.9 Å². The lowest BCUT2D eigenvalue weighted by atomic mass is 10.1. The van der Waals surface area contributed by atoms with Crippen molar-refractivity contribution in [3.63, 3.8) is 0 Å². The van der Waals surface area contributed by atoms with E-state index in [1.54, 1.807) is 19.2 Å². The van der Waals surface area contributed by atoms with E-state index in [4.69, 9.17) is 0 Å². The fourth-order valence-electron chi connectivity index (χ4n) is 3.12. The van der Waals surface area contributed by atoms with Gasteiger partial charge in [0.2, 0.25) is 0 Å². The van der Waals surface area contributed by atoms with E-state index in [0.29, 0.717) is 19.0 Å². The highest BCUT2D eigenvalue weighted by atomic mass is 19.1. The molecule has 7 heteroatoms. The maximum absolute atomic E-state index is 13.5. The molecule has 1 aromatic carbocycles. The van der Waals surface area contributed by atoms with Gasteiger partial charge in [-0.05, 0) is 36.1 Å². The molecule has 144 valence electrons. The van der Waals surface area contributed by atoms with Crippen LogP contribution in [0.25, 0.3) is 10.9 Å². The van der Waals surface area contributed by atoms with Crippen molar-refractivity contribution in [1.29, 1.82) is 0 Å². The summed E-state index contributed by atoms with van der Waals surface area (Å²) in [5.41, 5.74) is 2.03. The van der Waals surface area contributed by atoms with Crippen LogP contribution in [-0.4, -0.2) is 34.1 Å². The Labute approximate surface area is 158 Å². The molecule has 0 radical (unpaired) electrons. The zero-order valence-corrected chi connectivity index (χ0v) is 16.1. The van der Waals surface area contributed by atoms with Crippen LogP contribution < -0.4 is 10.6 Å². The molecular weight excluding hydrogens is 343 g/mol. The van der Waals surface area contributed by atoms with Gasteiger partial charge in [-0.15, -0.1) is 0 Å². The summed E-state index contributed by atoms with van der Waals surface area (Å²) in [6.45, 7) is 6.63. The van der Waals surface area contributed by atoms with Gasteiger partial charge in [0.1, 0.15) is 11.6 Å². The van der Waals surface area contributed by atoms with Gasteiger partial charge in [-0.1, -0.05) is 13.8 Å². The Morgan fingerprint density at radius 3 is 2.96 bits per heavy atom. The van der Waals surface area contributed by atoms with Crippen LogP contribution in [0.5, 0.6) is 0 Å². The number of aromatic nitrogens is 3. The molecule has 0 bridgehead atoms. The number of rotatable bonds is 7. The molecule has 0 amide bonds. The number of aromatic amines is 1. The Kier molecular flexibility index (Phi) is 6.11. The first-order valence-corrected chi connectivity index (χ1v) is 9.27. The highest BCUT2D eigenvalue weighted by Gasteiger charge is 2.07. The molecule has 3 aromatic rings. The van der Waals surface area contributed by atoms with Crippen LogP contribution in [0.3, 0.4) is 0 Å². The number of nitrogens with one attached hydrogen (secondary N) is 3. The predicted octanol–water partition coefficient (Wildman–Crippen LogP) is 3.07. The Bertz CT molecular complexity index is 908. The van der Waals surface area contributed by atoms with Gasteiger partial charge >= 0.3 is 0 Å². The number of fused-ring (bicyclic) bond motifs is 1. The number of hydrogen-bond acceptors (Lipinski definition) is 2. The van der Waals surface area contributed by atoms with Gasteiger partial charge in [-0.3, -0.25) is 4.99 Å². The van der Waals surface area contributed by atoms with Crippen LogP contribution in [-0.2, 0) is 19.5 Å². The number of aliphatic imine (C=N–C) groups is 1. The summed E-state index contributed by atoms with van der Waals surface area (Å²) >= 11 is 0. The third-order valence-electron chi connectivity index (χ3n) is 4.42. The highest BCUT2D eigenvalue weighted by Crippen LogP contribution is 2.19. The Morgan fingerprint density at radius 2 is 2.19 bits per heavy atom. The minimum Gasteiger partial charge on any atom is -0.361 e. The van der Waals surface area contributed by atoms with Gasteiger partial charge in [0, 0.05) is 49.6 Å².